The molecular formula is C16H21NO3. The Bertz CT molecular complexity index is 514. The van der Waals surface area contributed by atoms with E-state index >= 15 is 0 Å². The molecule has 0 bridgehead atoms. The summed E-state index contributed by atoms with van der Waals surface area (Å²) in [5.41, 5.74) is 2.29. The van der Waals surface area contributed by atoms with Crippen molar-refractivity contribution >= 4 is 5.91 Å². The predicted molar refractivity (Wildman–Crippen MR) is 78.6 cm³/mol. The van der Waals surface area contributed by atoms with Gasteiger partial charge in [0.15, 0.2) is 0 Å². The van der Waals surface area contributed by atoms with Crippen molar-refractivity contribution in [1.29, 1.82) is 0 Å². The van der Waals surface area contributed by atoms with Gasteiger partial charge in [0, 0.05) is 30.7 Å². The van der Waals surface area contributed by atoms with Crippen molar-refractivity contribution in [1.82, 2.24) is 5.32 Å². The third kappa shape index (κ3) is 5.04. The van der Waals surface area contributed by atoms with Gasteiger partial charge in [0.25, 0.3) is 5.91 Å². The Hall–Kier alpha value is -1.83. The van der Waals surface area contributed by atoms with Crippen LogP contribution >= 0.6 is 0 Å². The van der Waals surface area contributed by atoms with Crippen LogP contribution in [0, 0.1) is 18.8 Å². The minimum absolute atomic E-state index is 0.0424. The summed E-state index contributed by atoms with van der Waals surface area (Å²) in [4.78, 5) is 12.2. The van der Waals surface area contributed by atoms with E-state index in [2.05, 4.69) is 17.2 Å². The lowest BCUT2D eigenvalue weighted by Crippen LogP contribution is -2.35. The minimum Gasteiger partial charge on any atom is -0.395 e. The highest BCUT2D eigenvalue weighted by atomic mass is 16.5. The molecule has 1 aromatic rings. The zero-order valence-electron chi connectivity index (χ0n) is 12.2. The van der Waals surface area contributed by atoms with Gasteiger partial charge in [-0.25, -0.2) is 0 Å². The number of aliphatic hydroxyl groups is 1. The van der Waals surface area contributed by atoms with E-state index in [4.69, 9.17) is 9.84 Å². The van der Waals surface area contributed by atoms with Crippen LogP contribution in [0.25, 0.3) is 0 Å². The van der Waals surface area contributed by atoms with E-state index in [1.165, 1.54) is 0 Å². The molecule has 1 aromatic carbocycles. The molecule has 108 valence electrons. The van der Waals surface area contributed by atoms with Gasteiger partial charge in [-0.2, -0.15) is 0 Å². The highest BCUT2D eigenvalue weighted by Crippen LogP contribution is 2.11. The number of carbonyl (C=O) groups is 1. The molecule has 2 N–H and O–H groups in total. The maximum atomic E-state index is 12.2. The van der Waals surface area contributed by atoms with E-state index in [1.54, 1.807) is 13.2 Å². The lowest BCUT2D eigenvalue weighted by Gasteiger charge is -2.14. The van der Waals surface area contributed by atoms with Crippen molar-refractivity contribution in [2.24, 2.45) is 0 Å². The summed E-state index contributed by atoms with van der Waals surface area (Å²) < 4.78 is 5.00. The van der Waals surface area contributed by atoms with Crippen molar-refractivity contribution in [2.45, 2.75) is 26.3 Å². The van der Waals surface area contributed by atoms with Crippen LogP contribution in [0.1, 0.15) is 34.8 Å². The Balaban J connectivity index is 2.86. The first-order valence-corrected chi connectivity index (χ1v) is 6.58. The van der Waals surface area contributed by atoms with E-state index in [1.807, 2.05) is 26.0 Å². The Morgan fingerprint density at radius 3 is 2.90 bits per heavy atom. The lowest BCUT2D eigenvalue weighted by atomic mass is 10.0. The van der Waals surface area contributed by atoms with E-state index in [-0.39, 0.29) is 18.6 Å². The molecule has 0 saturated heterocycles. The maximum absolute atomic E-state index is 12.2. The standard InChI is InChI=1S/C16H21NO3/c1-12-7-8-14(6-4-5-9-18)10-15(12)16(19)17-13(2)11-20-3/h7-8,10,13,18H,5,9,11H2,1-3H3,(H,17,19). The number of methoxy groups -OCH3 is 1. The average Bonchev–Trinajstić information content (AvgIpc) is 2.41. The zero-order valence-corrected chi connectivity index (χ0v) is 12.2. The number of hydrogen-bond donors (Lipinski definition) is 2. The molecule has 0 aliphatic heterocycles. The van der Waals surface area contributed by atoms with Crippen molar-refractivity contribution in [3.63, 3.8) is 0 Å². The van der Waals surface area contributed by atoms with Crippen molar-refractivity contribution in [3.8, 4) is 11.8 Å². The molecule has 0 saturated carbocycles. The molecule has 4 nitrogen and oxygen atoms in total. The molecule has 1 rings (SSSR count). The number of aliphatic hydroxyl groups excluding tert-OH is 1. The van der Waals surface area contributed by atoms with Crippen LogP contribution in [-0.4, -0.2) is 37.4 Å². The third-order valence-corrected chi connectivity index (χ3v) is 2.75. The Morgan fingerprint density at radius 2 is 2.25 bits per heavy atom. The predicted octanol–water partition coefficient (Wildman–Crippen LogP) is 1.49. The zero-order chi connectivity index (χ0) is 15.0. The number of carbonyl (C=O) groups excluding carboxylic acids is 1. The molecule has 0 heterocycles. The lowest BCUT2D eigenvalue weighted by molar-refractivity contribution is 0.0905. The molecule has 4 heteroatoms. The first-order valence-electron chi connectivity index (χ1n) is 6.58. The molecule has 20 heavy (non-hydrogen) atoms. The van der Waals surface area contributed by atoms with Crippen molar-refractivity contribution in [2.75, 3.05) is 20.3 Å². The number of rotatable bonds is 5. The molecule has 0 fully saturated rings. The van der Waals surface area contributed by atoms with Gasteiger partial charge in [0.1, 0.15) is 0 Å². The minimum atomic E-state index is -0.127. The van der Waals surface area contributed by atoms with Crippen molar-refractivity contribution < 1.29 is 14.6 Å². The highest BCUT2D eigenvalue weighted by Gasteiger charge is 2.12. The van der Waals surface area contributed by atoms with Gasteiger partial charge < -0.3 is 15.2 Å². The van der Waals surface area contributed by atoms with Crippen molar-refractivity contribution in [3.05, 3.63) is 34.9 Å². The van der Waals surface area contributed by atoms with Gasteiger partial charge in [0.05, 0.1) is 13.2 Å². The van der Waals surface area contributed by atoms with Crippen LogP contribution < -0.4 is 5.32 Å². The summed E-state index contributed by atoms with van der Waals surface area (Å²) >= 11 is 0. The Morgan fingerprint density at radius 1 is 1.50 bits per heavy atom. The first kappa shape index (κ1) is 16.2. The van der Waals surface area contributed by atoms with Gasteiger partial charge in [-0.3, -0.25) is 4.79 Å². The molecular weight excluding hydrogens is 254 g/mol. The number of aryl methyl sites for hydroxylation is 1. The fourth-order valence-corrected chi connectivity index (χ4v) is 1.76. The fraction of sp³-hybridized carbons (Fsp3) is 0.438. The summed E-state index contributed by atoms with van der Waals surface area (Å²) in [5.74, 6) is 5.65. The Labute approximate surface area is 120 Å². The van der Waals surface area contributed by atoms with Gasteiger partial charge in [-0.1, -0.05) is 17.9 Å². The summed E-state index contributed by atoms with van der Waals surface area (Å²) in [6, 6.07) is 5.47. The smallest absolute Gasteiger partial charge is 0.251 e. The van der Waals surface area contributed by atoms with E-state index in [0.29, 0.717) is 18.6 Å². The fourth-order valence-electron chi connectivity index (χ4n) is 1.76. The van der Waals surface area contributed by atoms with Gasteiger partial charge in [0.2, 0.25) is 0 Å². The van der Waals surface area contributed by atoms with Crippen LogP contribution in [0.5, 0.6) is 0 Å². The van der Waals surface area contributed by atoms with Gasteiger partial charge in [-0.15, -0.1) is 0 Å². The number of hydrogen-bond acceptors (Lipinski definition) is 3. The SMILES string of the molecule is COCC(C)NC(=O)c1cc(C#CCCO)ccc1C. The van der Waals surface area contributed by atoms with Crippen LogP contribution in [0.15, 0.2) is 18.2 Å². The molecule has 0 spiro atoms. The summed E-state index contributed by atoms with van der Waals surface area (Å²) in [5, 5.41) is 11.6. The number of ether oxygens (including phenoxy) is 1. The third-order valence-electron chi connectivity index (χ3n) is 2.75. The quantitative estimate of drug-likeness (QED) is 0.801. The first-order chi connectivity index (χ1) is 9.58. The second-order valence-electron chi connectivity index (χ2n) is 4.63. The maximum Gasteiger partial charge on any atom is 0.251 e. The monoisotopic (exact) mass is 275 g/mol. The molecule has 1 atom stereocenters. The molecule has 0 radical (unpaired) electrons. The Kier molecular flexibility index (Phi) is 6.78. The van der Waals surface area contributed by atoms with Crippen LogP contribution in [0.4, 0.5) is 0 Å². The van der Waals surface area contributed by atoms with Crippen LogP contribution in [-0.2, 0) is 4.74 Å². The highest BCUT2D eigenvalue weighted by molar-refractivity contribution is 5.96. The van der Waals surface area contributed by atoms with Crippen LogP contribution in [0.2, 0.25) is 0 Å². The van der Waals surface area contributed by atoms with Crippen LogP contribution in [0.3, 0.4) is 0 Å². The normalized spacial score (nSPS) is 11.4. The largest absolute Gasteiger partial charge is 0.395 e. The molecule has 1 amide bonds. The molecule has 0 aliphatic carbocycles. The molecule has 0 aromatic heterocycles. The molecule has 1 unspecified atom stereocenters. The van der Waals surface area contributed by atoms with Gasteiger partial charge in [-0.05, 0) is 31.5 Å². The number of benzene rings is 1. The number of nitrogens with one attached hydrogen (secondary N) is 1. The van der Waals surface area contributed by atoms with E-state index < -0.39 is 0 Å². The summed E-state index contributed by atoms with van der Waals surface area (Å²) in [6.07, 6.45) is 0.431. The summed E-state index contributed by atoms with van der Waals surface area (Å²) in [6.45, 7) is 4.30. The second kappa shape index (κ2) is 8.36. The summed E-state index contributed by atoms with van der Waals surface area (Å²) in [7, 11) is 1.60. The van der Waals surface area contributed by atoms with E-state index in [9.17, 15) is 4.79 Å². The van der Waals surface area contributed by atoms with Gasteiger partial charge >= 0.3 is 0 Å². The topological polar surface area (TPSA) is 58.6 Å². The number of amides is 1. The molecule has 0 aliphatic rings. The second-order valence-corrected chi connectivity index (χ2v) is 4.63. The average molecular weight is 275 g/mol. The van der Waals surface area contributed by atoms with E-state index in [0.717, 1.165) is 11.1 Å².